The molecule has 0 bridgehead atoms. The predicted molar refractivity (Wildman–Crippen MR) is 78.7 cm³/mol. The molecule has 0 radical (unpaired) electrons. The standard InChI is InChI=1S/C15H20F3N5/c1-10-12(8-22(2)21-10)6-19-5-11-3-4-14-20-13(15(16,17)18)9-23(14)7-11/h8-9,11,19H,3-7H2,1-2H3/t11-/m1/s1. The third-order valence-corrected chi connectivity index (χ3v) is 4.24. The van der Waals surface area contributed by atoms with Gasteiger partial charge >= 0.3 is 6.18 Å². The maximum atomic E-state index is 12.7. The van der Waals surface area contributed by atoms with E-state index in [4.69, 9.17) is 0 Å². The van der Waals surface area contributed by atoms with E-state index in [1.54, 1.807) is 9.25 Å². The fraction of sp³-hybridized carbons (Fsp3) is 0.600. The number of imidazole rings is 1. The van der Waals surface area contributed by atoms with Crippen LogP contribution in [0.25, 0.3) is 0 Å². The number of halogens is 3. The second-order valence-corrected chi connectivity index (χ2v) is 6.14. The van der Waals surface area contributed by atoms with Crippen LogP contribution in [0.4, 0.5) is 13.2 Å². The van der Waals surface area contributed by atoms with E-state index in [1.807, 2.05) is 20.2 Å². The molecule has 0 aliphatic carbocycles. The normalized spacial score (nSPS) is 18.2. The molecule has 0 unspecified atom stereocenters. The molecule has 0 fully saturated rings. The molecular weight excluding hydrogens is 307 g/mol. The van der Waals surface area contributed by atoms with Crippen molar-refractivity contribution in [3.8, 4) is 0 Å². The highest BCUT2D eigenvalue weighted by Gasteiger charge is 2.35. The zero-order chi connectivity index (χ0) is 16.6. The lowest BCUT2D eigenvalue weighted by molar-refractivity contribution is -0.141. The minimum Gasteiger partial charge on any atom is -0.334 e. The van der Waals surface area contributed by atoms with E-state index in [0.717, 1.165) is 37.0 Å². The number of nitrogens with one attached hydrogen (secondary N) is 1. The van der Waals surface area contributed by atoms with Gasteiger partial charge < -0.3 is 9.88 Å². The summed E-state index contributed by atoms with van der Waals surface area (Å²) in [5.74, 6) is 0.853. The maximum Gasteiger partial charge on any atom is 0.434 e. The number of fused-ring (bicyclic) bond motifs is 1. The molecular formula is C15H20F3N5. The van der Waals surface area contributed by atoms with Gasteiger partial charge in [0.05, 0.1) is 5.69 Å². The molecule has 0 aromatic carbocycles. The molecule has 0 saturated heterocycles. The molecule has 0 spiro atoms. The second kappa shape index (κ2) is 5.99. The average Bonchev–Trinajstić information content (AvgIpc) is 3.01. The van der Waals surface area contributed by atoms with Gasteiger partial charge in [0, 0.05) is 44.5 Å². The second-order valence-electron chi connectivity index (χ2n) is 6.14. The summed E-state index contributed by atoms with van der Waals surface area (Å²) in [7, 11) is 1.89. The van der Waals surface area contributed by atoms with Gasteiger partial charge in [0.25, 0.3) is 0 Å². The smallest absolute Gasteiger partial charge is 0.334 e. The molecule has 126 valence electrons. The van der Waals surface area contributed by atoms with Gasteiger partial charge in [-0.2, -0.15) is 18.3 Å². The summed E-state index contributed by atoms with van der Waals surface area (Å²) < 4.78 is 41.5. The Kier molecular flexibility index (Phi) is 4.18. The Hall–Kier alpha value is -1.83. The summed E-state index contributed by atoms with van der Waals surface area (Å²) in [6.07, 6.45) is 0.192. The van der Waals surface area contributed by atoms with Gasteiger partial charge in [0.2, 0.25) is 0 Å². The van der Waals surface area contributed by atoms with E-state index in [2.05, 4.69) is 15.4 Å². The van der Waals surface area contributed by atoms with Crippen molar-refractivity contribution in [3.05, 3.63) is 35.2 Å². The number of hydrogen-bond acceptors (Lipinski definition) is 3. The van der Waals surface area contributed by atoms with Crippen LogP contribution in [0.1, 0.15) is 29.2 Å². The molecule has 3 rings (SSSR count). The Morgan fingerprint density at radius 1 is 1.35 bits per heavy atom. The fourth-order valence-corrected chi connectivity index (χ4v) is 3.05. The van der Waals surface area contributed by atoms with Crippen LogP contribution in [-0.2, 0) is 32.7 Å². The lowest BCUT2D eigenvalue weighted by Gasteiger charge is -2.23. The van der Waals surface area contributed by atoms with Crippen LogP contribution in [-0.4, -0.2) is 25.9 Å². The van der Waals surface area contributed by atoms with Gasteiger partial charge in [-0.3, -0.25) is 4.68 Å². The summed E-state index contributed by atoms with van der Waals surface area (Å²) in [6.45, 7) is 4.04. The third kappa shape index (κ3) is 3.57. The molecule has 0 saturated carbocycles. The molecule has 5 nitrogen and oxygen atoms in total. The van der Waals surface area contributed by atoms with E-state index < -0.39 is 11.9 Å². The number of rotatable bonds is 4. The Morgan fingerprint density at radius 2 is 2.13 bits per heavy atom. The number of aryl methyl sites for hydroxylation is 3. The first-order chi connectivity index (χ1) is 10.8. The largest absolute Gasteiger partial charge is 0.434 e. The first-order valence-corrected chi connectivity index (χ1v) is 7.66. The quantitative estimate of drug-likeness (QED) is 0.937. The van der Waals surface area contributed by atoms with Crippen molar-refractivity contribution in [1.29, 1.82) is 0 Å². The van der Waals surface area contributed by atoms with Gasteiger partial charge in [-0.15, -0.1) is 0 Å². The maximum absolute atomic E-state index is 12.7. The molecule has 3 heterocycles. The molecule has 2 aromatic heterocycles. The van der Waals surface area contributed by atoms with Crippen molar-refractivity contribution in [2.45, 2.75) is 39.0 Å². The lowest BCUT2D eigenvalue weighted by Crippen LogP contribution is -2.29. The highest BCUT2D eigenvalue weighted by Crippen LogP contribution is 2.30. The van der Waals surface area contributed by atoms with E-state index in [-0.39, 0.29) is 0 Å². The molecule has 8 heteroatoms. The number of alkyl halides is 3. The average molecular weight is 327 g/mol. The highest BCUT2D eigenvalue weighted by atomic mass is 19.4. The molecule has 0 amide bonds. The monoisotopic (exact) mass is 327 g/mol. The summed E-state index contributed by atoms with van der Waals surface area (Å²) in [6, 6.07) is 0. The fourth-order valence-electron chi connectivity index (χ4n) is 3.05. The first kappa shape index (κ1) is 16.0. The van der Waals surface area contributed by atoms with Gasteiger partial charge in [0.15, 0.2) is 5.69 Å². The highest BCUT2D eigenvalue weighted by molar-refractivity contribution is 5.15. The number of aromatic nitrogens is 4. The molecule has 1 atom stereocenters. The molecule has 23 heavy (non-hydrogen) atoms. The minimum absolute atomic E-state index is 0.315. The van der Waals surface area contributed by atoms with Crippen molar-refractivity contribution in [1.82, 2.24) is 24.6 Å². The van der Waals surface area contributed by atoms with E-state index in [1.165, 1.54) is 0 Å². The zero-order valence-electron chi connectivity index (χ0n) is 13.2. The van der Waals surface area contributed by atoms with Crippen LogP contribution in [0.5, 0.6) is 0 Å². The summed E-state index contributed by atoms with van der Waals surface area (Å²) >= 11 is 0. The van der Waals surface area contributed by atoms with Crippen molar-refractivity contribution in [2.24, 2.45) is 13.0 Å². The van der Waals surface area contributed by atoms with Gasteiger partial charge in [-0.1, -0.05) is 0 Å². The van der Waals surface area contributed by atoms with Crippen LogP contribution >= 0.6 is 0 Å². The topological polar surface area (TPSA) is 47.7 Å². The van der Waals surface area contributed by atoms with E-state index >= 15 is 0 Å². The zero-order valence-corrected chi connectivity index (χ0v) is 13.2. The minimum atomic E-state index is -4.37. The molecule has 1 aliphatic rings. The van der Waals surface area contributed by atoms with Crippen LogP contribution in [0.3, 0.4) is 0 Å². The first-order valence-electron chi connectivity index (χ1n) is 7.66. The molecule has 1 N–H and O–H groups in total. The van der Waals surface area contributed by atoms with Crippen molar-refractivity contribution < 1.29 is 13.2 Å². The van der Waals surface area contributed by atoms with Crippen LogP contribution in [0.15, 0.2) is 12.4 Å². The van der Waals surface area contributed by atoms with Crippen LogP contribution in [0.2, 0.25) is 0 Å². The Morgan fingerprint density at radius 3 is 2.78 bits per heavy atom. The van der Waals surface area contributed by atoms with Crippen LogP contribution in [0, 0.1) is 12.8 Å². The summed E-state index contributed by atoms with van der Waals surface area (Å²) in [4.78, 5) is 3.71. The van der Waals surface area contributed by atoms with E-state index in [0.29, 0.717) is 24.7 Å². The van der Waals surface area contributed by atoms with Crippen molar-refractivity contribution >= 4 is 0 Å². The predicted octanol–water partition coefficient (Wildman–Crippen LogP) is 2.30. The van der Waals surface area contributed by atoms with Gasteiger partial charge in [-0.05, 0) is 25.8 Å². The molecule has 2 aromatic rings. The Labute approximate surface area is 132 Å². The van der Waals surface area contributed by atoms with E-state index in [9.17, 15) is 13.2 Å². The lowest BCUT2D eigenvalue weighted by atomic mass is 9.99. The van der Waals surface area contributed by atoms with Gasteiger partial charge in [0.1, 0.15) is 5.82 Å². The van der Waals surface area contributed by atoms with Gasteiger partial charge in [-0.25, -0.2) is 4.98 Å². The SMILES string of the molecule is Cc1nn(C)cc1CNC[C@H]1CCc2nc(C(F)(F)F)cn2C1. The summed E-state index contributed by atoms with van der Waals surface area (Å²) in [5.41, 5.74) is 1.36. The number of hydrogen-bond donors (Lipinski definition) is 1. The van der Waals surface area contributed by atoms with Crippen molar-refractivity contribution in [3.63, 3.8) is 0 Å². The summed E-state index contributed by atoms with van der Waals surface area (Å²) in [5, 5.41) is 7.67. The Bertz CT molecular complexity index is 686. The molecule has 1 aliphatic heterocycles. The number of nitrogens with zero attached hydrogens (tertiary/aromatic N) is 4. The third-order valence-electron chi connectivity index (χ3n) is 4.24. The van der Waals surface area contributed by atoms with Crippen LogP contribution < -0.4 is 5.32 Å². The Balaban J connectivity index is 1.55. The van der Waals surface area contributed by atoms with Crippen molar-refractivity contribution in [2.75, 3.05) is 6.54 Å².